The predicted molar refractivity (Wildman–Crippen MR) is 129 cm³/mol. The molecule has 0 saturated carbocycles. The van der Waals surface area contributed by atoms with E-state index in [2.05, 4.69) is 51.7 Å². The third kappa shape index (κ3) is 6.42. The molecule has 2 amide bonds. The van der Waals surface area contributed by atoms with Gasteiger partial charge in [0, 0.05) is 30.9 Å². The average Bonchev–Trinajstić information content (AvgIpc) is 3.10. The lowest BCUT2D eigenvalue weighted by Crippen LogP contribution is -2.28. The molecule has 1 aliphatic heterocycles. The molecule has 0 spiro atoms. The van der Waals surface area contributed by atoms with E-state index in [4.69, 9.17) is 0 Å². The molecule has 1 heterocycles. The zero-order chi connectivity index (χ0) is 22.2. The first-order chi connectivity index (χ1) is 15.0. The van der Waals surface area contributed by atoms with Crippen molar-refractivity contribution >= 4 is 46.3 Å². The highest BCUT2D eigenvalue weighted by Gasteiger charge is 2.32. The minimum atomic E-state index is -0.521. The summed E-state index contributed by atoms with van der Waals surface area (Å²) in [5, 5.41) is 13.5. The molecule has 0 bridgehead atoms. The Kier molecular flexibility index (Phi) is 7.83. The first kappa shape index (κ1) is 22.6. The number of amides is 2. The summed E-state index contributed by atoms with van der Waals surface area (Å²) in [7, 11) is 0. The molecule has 31 heavy (non-hydrogen) atoms. The highest BCUT2D eigenvalue weighted by Crippen LogP contribution is 2.23. The van der Waals surface area contributed by atoms with Crippen LogP contribution in [0.1, 0.15) is 31.4 Å². The Morgan fingerprint density at radius 2 is 1.81 bits per heavy atom. The summed E-state index contributed by atoms with van der Waals surface area (Å²) >= 11 is 1.22. The molecular formula is C23H27N5O2S. The van der Waals surface area contributed by atoms with Gasteiger partial charge in [0.15, 0.2) is 5.17 Å². The van der Waals surface area contributed by atoms with Crippen LogP contribution in [0.5, 0.6) is 0 Å². The molecule has 1 saturated heterocycles. The molecule has 2 aromatic carbocycles. The lowest BCUT2D eigenvalue weighted by Gasteiger charge is -2.20. The van der Waals surface area contributed by atoms with Gasteiger partial charge in [0.1, 0.15) is 5.25 Å². The second-order valence-electron chi connectivity index (χ2n) is 7.13. The third-order valence-electron chi connectivity index (χ3n) is 4.86. The van der Waals surface area contributed by atoms with Crippen molar-refractivity contribution in [3.05, 3.63) is 59.7 Å². The largest absolute Gasteiger partial charge is 0.372 e. The zero-order valence-electron chi connectivity index (χ0n) is 18.0. The Labute approximate surface area is 187 Å². The number of rotatable bonds is 8. The highest BCUT2D eigenvalue weighted by molar-refractivity contribution is 8.15. The van der Waals surface area contributed by atoms with Gasteiger partial charge in [-0.15, -0.1) is 5.10 Å². The van der Waals surface area contributed by atoms with Gasteiger partial charge < -0.3 is 15.5 Å². The summed E-state index contributed by atoms with van der Waals surface area (Å²) in [5.41, 5.74) is 3.91. The van der Waals surface area contributed by atoms with Crippen LogP contribution in [0.25, 0.3) is 0 Å². The summed E-state index contributed by atoms with van der Waals surface area (Å²) in [4.78, 5) is 26.7. The molecule has 2 N–H and O–H groups in total. The number of hydrogen-bond donors (Lipinski definition) is 2. The monoisotopic (exact) mass is 437 g/mol. The van der Waals surface area contributed by atoms with Gasteiger partial charge in [-0.25, -0.2) is 0 Å². The first-order valence-electron chi connectivity index (χ1n) is 10.3. The van der Waals surface area contributed by atoms with Crippen LogP contribution in [-0.4, -0.2) is 41.5 Å². The van der Waals surface area contributed by atoms with Crippen molar-refractivity contribution in [2.75, 3.05) is 23.3 Å². The third-order valence-corrected chi connectivity index (χ3v) is 5.93. The molecule has 0 radical (unpaired) electrons. The van der Waals surface area contributed by atoms with Gasteiger partial charge in [0.05, 0.1) is 6.21 Å². The Morgan fingerprint density at radius 1 is 1.13 bits per heavy atom. The number of amidine groups is 1. The molecule has 0 aromatic heterocycles. The highest BCUT2D eigenvalue weighted by atomic mass is 32.2. The summed E-state index contributed by atoms with van der Waals surface area (Å²) in [5.74, 6) is -0.448. The molecule has 0 aliphatic carbocycles. The van der Waals surface area contributed by atoms with E-state index in [1.54, 1.807) is 6.21 Å². The van der Waals surface area contributed by atoms with E-state index in [1.807, 2.05) is 43.3 Å². The van der Waals surface area contributed by atoms with Gasteiger partial charge in [-0.1, -0.05) is 41.6 Å². The van der Waals surface area contributed by atoms with Gasteiger partial charge in [0.2, 0.25) is 11.8 Å². The number of anilines is 2. The fourth-order valence-electron chi connectivity index (χ4n) is 3.11. The zero-order valence-corrected chi connectivity index (χ0v) is 18.8. The lowest BCUT2D eigenvalue weighted by atomic mass is 10.2. The number of carbonyl (C=O) groups is 2. The first-order valence-corrected chi connectivity index (χ1v) is 11.2. The fourth-order valence-corrected chi connectivity index (χ4v) is 4.04. The van der Waals surface area contributed by atoms with Gasteiger partial charge in [0.25, 0.3) is 0 Å². The van der Waals surface area contributed by atoms with Crippen molar-refractivity contribution < 1.29 is 9.59 Å². The number of hydrogen-bond acceptors (Lipinski definition) is 6. The van der Waals surface area contributed by atoms with E-state index in [9.17, 15) is 9.59 Å². The number of nitrogens with zero attached hydrogens (tertiary/aromatic N) is 3. The standard InChI is InChI=1S/C23H27N5O2S/c1-4-28(5-2)19-12-8-17(9-13-19)15-24-27-23-26-22(30)20(31-23)14-21(29)25-18-10-6-16(3)7-11-18/h6-13,15,20H,4-5,14H2,1-3H3,(H,25,29)(H,26,27,30)/b24-15-/t20-/m1/s1. The van der Waals surface area contributed by atoms with Crippen LogP contribution >= 0.6 is 11.8 Å². The van der Waals surface area contributed by atoms with Crippen LogP contribution in [0.3, 0.4) is 0 Å². The number of aryl methyl sites for hydroxylation is 1. The van der Waals surface area contributed by atoms with Crippen molar-refractivity contribution in [2.24, 2.45) is 10.2 Å². The van der Waals surface area contributed by atoms with E-state index in [1.165, 1.54) is 17.4 Å². The van der Waals surface area contributed by atoms with Crippen LogP contribution in [0.4, 0.5) is 11.4 Å². The Balaban J connectivity index is 1.53. The van der Waals surface area contributed by atoms with Crippen molar-refractivity contribution in [1.82, 2.24) is 5.32 Å². The number of thioether (sulfide) groups is 1. The maximum Gasteiger partial charge on any atom is 0.240 e. The average molecular weight is 438 g/mol. The Hall–Kier alpha value is -3.13. The Morgan fingerprint density at radius 3 is 2.45 bits per heavy atom. The Bertz CT molecular complexity index is 966. The minimum absolute atomic E-state index is 0.0694. The van der Waals surface area contributed by atoms with E-state index in [0.29, 0.717) is 10.9 Å². The second kappa shape index (κ2) is 10.8. The molecular weight excluding hydrogens is 410 g/mol. The van der Waals surface area contributed by atoms with Crippen molar-refractivity contribution in [3.8, 4) is 0 Å². The molecule has 7 nitrogen and oxygen atoms in total. The second-order valence-corrected chi connectivity index (χ2v) is 8.32. The summed E-state index contributed by atoms with van der Waals surface area (Å²) in [6, 6.07) is 15.6. The topological polar surface area (TPSA) is 86.2 Å². The normalized spacial score (nSPS) is 17.2. The molecule has 1 atom stereocenters. The summed E-state index contributed by atoms with van der Waals surface area (Å²) in [6.07, 6.45) is 1.71. The summed E-state index contributed by atoms with van der Waals surface area (Å²) in [6.45, 7) is 8.15. The lowest BCUT2D eigenvalue weighted by molar-refractivity contribution is -0.122. The van der Waals surface area contributed by atoms with E-state index < -0.39 is 5.25 Å². The SMILES string of the molecule is CCN(CC)c1ccc(/C=N\N=C2/NC(=O)[C@@H](CC(=O)Nc3ccc(C)cc3)S2)cc1. The maximum atomic E-state index is 12.2. The van der Waals surface area contributed by atoms with Gasteiger partial charge in [-0.3, -0.25) is 9.59 Å². The molecule has 2 aromatic rings. The van der Waals surface area contributed by atoms with Crippen LogP contribution in [0, 0.1) is 6.92 Å². The smallest absolute Gasteiger partial charge is 0.240 e. The molecule has 162 valence electrons. The molecule has 3 rings (SSSR count). The quantitative estimate of drug-likeness (QED) is 0.486. The molecule has 1 aliphatic rings. The van der Waals surface area contributed by atoms with Crippen LogP contribution in [-0.2, 0) is 9.59 Å². The van der Waals surface area contributed by atoms with E-state index in [-0.39, 0.29) is 18.2 Å². The van der Waals surface area contributed by atoms with Crippen LogP contribution in [0.2, 0.25) is 0 Å². The fraction of sp³-hybridized carbons (Fsp3) is 0.304. The minimum Gasteiger partial charge on any atom is -0.372 e. The van der Waals surface area contributed by atoms with E-state index >= 15 is 0 Å². The summed E-state index contributed by atoms with van der Waals surface area (Å²) < 4.78 is 0. The number of benzene rings is 2. The predicted octanol–water partition coefficient (Wildman–Crippen LogP) is 3.79. The van der Waals surface area contributed by atoms with E-state index in [0.717, 1.165) is 24.2 Å². The van der Waals surface area contributed by atoms with Gasteiger partial charge in [-0.2, -0.15) is 5.10 Å². The van der Waals surface area contributed by atoms with Crippen molar-refractivity contribution in [2.45, 2.75) is 32.4 Å². The molecule has 0 unspecified atom stereocenters. The maximum absolute atomic E-state index is 12.2. The van der Waals surface area contributed by atoms with Crippen LogP contribution in [0.15, 0.2) is 58.7 Å². The molecule has 1 fully saturated rings. The van der Waals surface area contributed by atoms with Crippen molar-refractivity contribution in [1.29, 1.82) is 0 Å². The number of nitrogens with one attached hydrogen (secondary N) is 2. The van der Waals surface area contributed by atoms with Gasteiger partial charge >= 0.3 is 0 Å². The molecule has 8 heteroatoms. The van der Waals surface area contributed by atoms with Crippen molar-refractivity contribution in [3.63, 3.8) is 0 Å². The van der Waals surface area contributed by atoms with Crippen LogP contribution < -0.4 is 15.5 Å². The van der Waals surface area contributed by atoms with Gasteiger partial charge in [-0.05, 0) is 50.6 Å². The number of carbonyl (C=O) groups excluding carboxylic acids is 2.